The van der Waals surface area contributed by atoms with E-state index in [-0.39, 0.29) is 5.57 Å². The Morgan fingerprint density at radius 3 is 2.38 bits per heavy atom. The van der Waals surface area contributed by atoms with Gasteiger partial charge in [0.25, 0.3) is 0 Å². The minimum atomic E-state index is -0.640. The van der Waals surface area contributed by atoms with Crippen LogP contribution in [0.2, 0.25) is 0 Å². The van der Waals surface area contributed by atoms with Crippen molar-refractivity contribution in [3.05, 3.63) is 35.4 Å². The molecule has 4 heteroatoms. The fourth-order valence-electron chi connectivity index (χ4n) is 1.11. The Bertz CT molecular complexity index is 440. The summed E-state index contributed by atoms with van der Waals surface area (Å²) in [6.45, 7) is 0. The number of esters is 1. The molecule has 1 aromatic carbocycles. The predicted octanol–water partition coefficient (Wildman–Crippen LogP) is 1.78. The van der Waals surface area contributed by atoms with E-state index in [1.54, 1.807) is 37.4 Å². The van der Waals surface area contributed by atoms with Gasteiger partial charge in [-0.15, -0.1) is 0 Å². The van der Waals surface area contributed by atoms with Crippen LogP contribution in [0.3, 0.4) is 0 Å². The van der Waals surface area contributed by atoms with E-state index in [9.17, 15) is 4.79 Å². The normalized spacial score (nSPS) is 10.4. The van der Waals surface area contributed by atoms with Gasteiger partial charge in [0.1, 0.15) is 17.4 Å². The number of rotatable bonds is 3. The van der Waals surface area contributed by atoms with Crippen LogP contribution in [0.1, 0.15) is 5.56 Å². The number of methoxy groups -OCH3 is 2. The summed E-state index contributed by atoms with van der Waals surface area (Å²) in [6, 6.07) is 8.78. The Morgan fingerprint density at radius 2 is 1.94 bits per heavy atom. The molecule has 0 heterocycles. The first-order valence-corrected chi connectivity index (χ1v) is 4.55. The monoisotopic (exact) mass is 217 g/mol. The highest BCUT2D eigenvalue weighted by Crippen LogP contribution is 2.14. The fraction of sp³-hybridized carbons (Fsp3) is 0.167. The summed E-state index contributed by atoms with van der Waals surface area (Å²) >= 11 is 0. The van der Waals surface area contributed by atoms with Crippen LogP contribution in [0.25, 0.3) is 6.08 Å². The number of nitriles is 1. The van der Waals surface area contributed by atoms with Crippen molar-refractivity contribution in [3.8, 4) is 11.8 Å². The molecule has 0 bridgehead atoms. The van der Waals surface area contributed by atoms with E-state index in [1.165, 1.54) is 13.2 Å². The quantitative estimate of drug-likeness (QED) is 0.440. The van der Waals surface area contributed by atoms with Crippen LogP contribution in [-0.2, 0) is 9.53 Å². The lowest BCUT2D eigenvalue weighted by atomic mass is 10.1. The van der Waals surface area contributed by atoms with E-state index >= 15 is 0 Å². The third-order valence-electron chi connectivity index (χ3n) is 1.95. The standard InChI is InChI=1S/C12H11NO3/c1-15-11-5-3-9(4-6-11)7-10(8-13)12(14)16-2/h3-7H,1-2H3. The SMILES string of the molecule is COC(=O)C(C#N)=Cc1ccc(OC)cc1. The molecule has 0 spiro atoms. The van der Waals surface area contributed by atoms with Crippen LogP contribution >= 0.6 is 0 Å². The lowest BCUT2D eigenvalue weighted by molar-refractivity contribution is -0.135. The van der Waals surface area contributed by atoms with E-state index in [1.807, 2.05) is 0 Å². The molecule has 0 amide bonds. The van der Waals surface area contributed by atoms with E-state index in [4.69, 9.17) is 10.00 Å². The van der Waals surface area contributed by atoms with E-state index in [0.29, 0.717) is 5.75 Å². The maximum Gasteiger partial charge on any atom is 0.348 e. The highest BCUT2D eigenvalue weighted by atomic mass is 16.5. The molecule has 0 aliphatic carbocycles. The van der Waals surface area contributed by atoms with Gasteiger partial charge in [-0.3, -0.25) is 0 Å². The van der Waals surface area contributed by atoms with Gasteiger partial charge in [0.15, 0.2) is 0 Å². The summed E-state index contributed by atoms with van der Waals surface area (Å²) in [5.74, 6) is 0.0760. The van der Waals surface area contributed by atoms with Crippen LogP contribution < -0.4 is 4.74 Å². The summed E-state index contributed by atoms with van der Waals surface area (Å²) in [6.07, 6.45) is 1.46. The minimum Gasteiger partial charge on any atom is -0.497 e. The summed E-state index contributed by atoms with van der Waals surface area (Å²) in [5.41, 5.74) is 0.704. The Labute approximate surface area is 93.7 Å². The topological polar surface area (TPSA) is 59.3 Å². The molecule has 82 valence electrons. The van der Waals surface area contributed by atoms with Crippen LogP contribution in [0.4, 0.5) is 0 Å². The number of hydrogen-bond donors (Lipinski definition) is 0. The van der Waals surface area contributed by atoms with Gasteiger partial charge in [-0.1, -0.05) is 12.1 Å². The van der Waals surface area contributed by atoms with Crippen LogP contribution in [0.5, 0.6) is 5.75 Å². The number of hydrogen-bond acceptors (Lipinski definition) is 4. The molecule has 4 nitrogen and oxygen atoms in total. The molecule has 0 saturated heterocycles. The second-order valence-corrected chi connectivity index (χ2v) is 2.93. The second-order valence-electron chi connectivity index (χ2n) is 2.93. The average molecular weight is 217 g/mol. The number of nitrogens with zero attached hydrogens (tertiary/aromatic N) is 1. The fourth-order valence-corrected chi connectivity index (χ4v) is 1.11. The summed E-state index contributed by atoms with van der Waals surface area (Å²) < 4.78 is 9.46. The molecule has 16 heavy (non-hydrogen) atoms. The third-order valence-corrected chi connectivity index (χ3v) is 1.95. The molecule has 0 fully saturated rings. The predicted molar refractivity (Wildman–Crippen MR) is 58.6 cm³/mol. The molecule has 0 aromatic heterocycles. The maximum absolute atomic E-state index is 11.1. The Hall–Kier alpha value is -2.28. The molecular formula is C12H11NO3. The molecular weight excluding hydrogens is 206 g/mol. The molecule has 0 aliphatic rings. The van der Waals surface area contributed by atoms with Crippen molar-refractivity contribution >= 4 is 12.0 Å². The Morgan fingerprint density at radius 1 is 1.31 bits per heavy atom. The number of benzene rings is 1. The highest BCUT2D eigenvalue weighted by molar-refractivity contribution is 5.97. The lowest BCUT2D eigenvalue weighted by Crippen LogP contribution is -2.02. The zero-order chi connectivity index (χ0) is 12.0. The van der Waals surface area contributed by atoms with Gasteiger partial charge < -0.3 is 9.47 Å². The minimum absolute atomic E-state index is 0.0346. The van der Waals surface area contributed by atoms with Gasteiger partial charge >= 0.3 is 5.97 Å². The summed E-state index contributed by atoms with van der Waals surface area (Å²) in [4.78, 5) is 11.1. The number of ether oxygens (including phenoxy) is 2. The molecule has 1 aromatic rings. The number of carbonyl (C=O) groups excluding carboxylic acids is 1. The van der Waals surface area contributed by atoms with Gasteiger partial charge in [0.05, 0.1) is 14.2 Å². The van der Waals surface area contributed by atoms with E-state index in [2.05, 4.69) is 4.74 Å². The van der Waals surface area contributed by atoms with Crippen molar-refractivity contribution in [2.75, 3.05) is 14.2 Å². The third kappa shape index (κ3) is 2.85. The van der Waals surface area contributed by atoms with Gasteiger partial charge in [0.2, 0.25) is 0 Å². The number of carbonyl (C=O) groups is 1. The summed E-state index contributed by atoms with van der Waals surface area (Å²) in [5, 5.41) is 8.75. The van der Waals surface area contributed by atoms with Crippen molar-refractivity contribution in [1.82, 2.24) is 0 Å². The van der Waals surface area contributed by atoms with Gasteiger partial charge in [-0.05, 0) is 23.8 Å². The maximum atomic E-state index is 11.1. The molecule has 1 rings (SSSR count). The van der Waals surface area contributed by atoms with Crippen molar-refractivity contribution in [2.45, 2.75) is 0 Å². The van der Waals surface area contributed by atoms with Crippen LogP contribution in [0.15, 0.2) is 29.8 Å². The Kier molecular flexibility index (Phi) is 4.10. The summed E-state index contributed by atoms with van der Waals surface area (Å²) in [7, 11) is 2.81. The van der Waals surface area contributed by atoms with Crippen molar-refractivity contribution in [3.63, 3.8) is 0 Å². The first kappa shape index (κ1) is 11.8. The lowest BCUT2D eigenvalue weighted by Gasteiger charge is -2.00. The Balaban J connectivity index is 2.96. The smallest absolute Gasteiger partial charge is 0.348 e. The van der Waals surface area contributed by atoms with Gasteiger partial charge in [-0.25, -0.2) is 4.79 Å². The largest absolute Gasteiger partial charge is 0.497 e. The van der Waals surface area contributed by atoms with E-state index in [0.717, 1.165) is 5.56 Å². The van der Waals surface area contributed by atoms with E-state index < -0.39 is 5.97 Å². The zero-order valence-electron chi connectivity index (χ0n) is 9.06. The second kappa shape index (κ2) is 5.56. The first-order chi connectivity index (χ1) is 7.71. The van der Waals surface area contributed by atoms with Crippen molar-refractivity contribution < 1.29 is 14.3 Å². The molecule has 0 radical (unpaired) electrons. The highest BCUT2D eigenvalue weighted by Gasteiger charge is 2.07. The molecule has 0 aliphatic heterocycles. The van der Waals surface area contributed by atoms with Gasteiger partial charge in [-0.2, -0.15) is 5.26 Å². The zero-order valence-corrected chi connectivity index (χ0v) is 9.06. The van der Waals surface area contributed by atoms with Crippen LogP contribution in [0, 0.1) is 11.3 Å². The molecule has 0 unspecified atom stereocenters. The van der Waals surface area contributed by atoms with Crippen molar-refractivity contribution in [1.29, 1.82) is 5.26 Å². The molecule has 0 N–H and O–H groups in total. The molecule has 0 atom stereocenters. The van der Waals surface area contributed by atoms with Crippen molar-refractivity contribution in [2.24, 2.45) is 0 Å². The average Bonchev–Trinajstić information content (AvgIpc) is 2.35. The molecule has 0 saturated carbocycles. The van der Waals surface area contributed by atoms with Gasteiger partial charge in [0, 0.05) is 0 Å². The first-order valence-electron chi connectivity index (χ1n) is 4.55. The van der Waals surface area contributed by atoms with Crippen LogP contribution in [-0.4, -0.2) is 20.2 Å².